The molecule has 2 aromatic carbocycles. The van der Waals surface area contributed by atoms with Crippen LogP contribution in [0.3, 0.4) is 0 Å². The van der Waals surface area contributed by atoms with Crippen molar-refractivity contribution in [3.8, 4) is 11.5 Å². The van der Waals surface area contributed by atoms with Crippen LogP contribution < -0.4 is 19.8 Å². The molecule has 0 fully saturated rings. The Morgan fingerprint density at radius 2 is 1.83 bits per heavy atom. The molecule has 0 saturated carbocycles. The number of nitrogens with one attached hydrogen (secondary N) is 1. The smallest absolute Gasteiger partial charge is 0.267 e. The molecule has 0 atom stereocenters. The maximum atomic E-state index is 12.5. The summed E-state index contributed by atoms with van der Waals surface area (Å²) in [5, 5.41) is 8.93. The summed E-state index contributed by atoms with van der Waals surface area (Å²) in [5.74, 6) is 0.861. The number of nitrogens with zero attached hydrogens (tertiary/aromatic N) is 2. The standard InChI is InChI=1S/C21H22ClN3O4/c1-28-18-9-3-14(13-19(18)29-2)11-12-23-21(27)17-8-10-20(26)25(24-17)16-6-4-15(22)5-7-16/h3-7,9,13H,8,10-12H2,1-2H3,(H,23,27). The zero-order valence-corrected chi connectivity index (χ0v) is 17.0. The molecule has 29 heavy (non-hydrogen) atoms. The predicted molar refractivity (Wildman–Crippen MR) is 112 cm³/mol. The molecular weight excluding hydrogens is 394 g/mol. The summed E-state index contributed by atoms with van der Waals surface area (Å²) >= 11 is 5.89. The first-order valence-corrected chi connectivity index (χ1v) is 9.54. The number of rotatable bonds is 7. The van der Waals surface area contributed by atoms with E-state index in [1.165, 1.54) is 5.01 Å². The number of halogens is 1. The van der Waals surface area contributed by atoms with Crippen molar-refractivity contribution in [2.24, 2.45) is 5.10 Å². The Morgan fingerprint density at radius 1 is 1.10 bits per heavy atom. The second-order valence-corrected chi connectivity index (χ2v) is 6.86. The normalized spacial score (nSPS) is 13.7. The topological polar surface area (TPSA) is 80.2 Å². The van der Waals surface area contributed by atoms with E-state index in [0.717, 1.165) is 5.56 Å². The summed E-state index contributed by atoms with van der Waals surface area (Å²) in [5.41, 5.74) is 1.91. The van der Waals surface area contributed by atoms with E-state index in [2.05, 4.69) is 10.4 Å². The van der Waals surface area contributed by atoms with Gasteiger partial charge in [-0.1, -0.05) is 17.7 Å². The maximum absolute atomic E-state index is 12.5. The molecule has 3 rings (SSSR count). The van der Waals surface area contributed by atoms with E-state index in [4.69, 9.17) is 21.1 Å². The molecule has 8 heteroatoms. The summed E-state index contributed by atoms with van der Waals surface area (Å²) < 4.78 is 10.5. The highest BCUT2D eigenvalue weighted by atomic mass is 35.5. The quantitative estimate of drug-likeness (QED) is 0.753. The molecule has 2 amide bonds. The number of carbonyl (C=O) groups excluding carboxylic acids is 2. The van der Waals surface area contributed by atoms with Gasteiger partial charge in [0.05, 0.1) is 19.9 Å². The fourth-order valence-corrected chi connectivity index (χ4v) is 3.09. The van der Waals surface area contributed by atoms with Gasteiger partial charge in [-0.25, -0.2) is 5.01 Å². The fraction of sp³-hybridized carbons (Fsp3) is 0.286. The lowest BCUT2D eigenvalue weighted by atomic mass is 10.1. The summed E-state index contributed by atoms with van der Waals surface area (Å²) in [6.45, 7) is 0.433. The lowest BCUT2D eigenvalue weighted by molar-refractivity contribution is -0.118. The van der Waals surface area contributed by atoms with E-state index >= 15 is 0 Å². The number of hydrazone groups is 1. The van der Waals surface area contributed by atoms with Gasteiger partial charge in [-0.2, -0.15) is 5.10 Å². The van der Waals surface area contributed by atoms with E-state index in [1.54, 1.807) is 38.5 Å². The Hall–Kier alpha value is -3.06. The minimum absolute atomic E-state index is 0.158. The highest BCUT2D eigenvalue weighted by Crippen LogP contribution is 2.27. The predicted octanol–water partition coefficient (Wildman–Crippen LogP) is 3.20. The summed E-state index contributed by atoms with van der Waals surface area (Å²) in [7, 11) is 3.17. The molecule has 2 aromatic rings. The molecule has 7 nitrogen and oxygen atoms in total. The lowest BCUT2D eigenvalue weighted by Gasteiger charge is -2.23. The van der Waals surface area contributed by atoms with Gasteiger partial charge in [-0.15, -0.1) is 0 Å². The zero-order valence-electron chi connectivity index (χ0n) is 16.3. The zero-order chi connectivity index (χ0) is 20.8. The first-order valence-electron chi connectivity index (χ1n) is 9.17. The van der Waals surface area contributed by atoms with Gasteiger partial charge in [-0.05, 0) is 48.4 Å². The van der Waals surface area contributed by atoms with E-state index < -0.39 is 0 Å². The lowest BCUT2D eigenvalue weighted by Crippen LogP contribution is -2.39. The molecule has 0 saturated heterocycles. The summed E-state index contributed by atoms with van der Waals surface area (Å²) in [4.78, 5) is 24.7. The second kappa shape index (κ2) is 9.43. The number of anilines is 1. The Bertz CT molecular complexity index is 928. The second-order valence-electron chi connectivity index (χ2n) is 6.42. The third-order valence-corrected chi connectivity index (χ3v) is 4.77. The van der Waals surface area contributed by atoms with Crippen molar-refractivity contribution in [2.45, 2.75) is 19.3 Å². The number of hydrogen-bond donors (Lipinski definition) is 1. The minimum atomic E-state index is -0.281. The highest BCUT2D eigenvalue weighted by Gasteiger charge is 2.25. The molecular formula is C21H22ClN3O4. The third kappa shape index (κ3) is 5.06. The molecule has 0 spiro atoms. The van der Waals surface area contributed by atoms with Gasteiger partial charge >= 0.3 is 0 Å². The Balaban J connectivity index is 1.62. The first-order chi connectivity index (χ1) is 14.0. The molecule has 1 heterocycles. The van der Waals surface area contributed by atoms with Gasteiger partial charge < -0.3 is 14.8 Å². The Kier molecular flexibility index (Phi) is 6.72. The van der Waals surface area contributed by atoms with Crippen molar-refractivity contribution in [2.75, 3.05) is 25.8 Å². The van der Waals surface area contributed by atoms with Crippen LogP contribution in [0.1, 0.15) is 18.4 Å². The van der Waals surface area contributed by atoms with Crippen molar-refractivity contribution < 1.29 is 19.1 Å². The van der Waals surface area contributed by atoms with Crippen LogP contribution in [0.25, 0.3) is 0 Å². The molecule has 152 valence electrons. The molecule has 1 N–H and O–H groups in total. The molecule has 0 aliphatic carbocycles. The van der Waals surface area contributed by atoms with Crippen LogP contribution in [0.4, 0.5) is 5.69 Å². The van der Waals surface area contributed by atoms with Gasteiger partial charge in [0.25, 0.3) is 5.91 Å². The van der Waals surface area contributed by atoms with Crippen LogP contribution in [0.2, 0.25) is 5.02 Å². The number of amides is 2. The number of hydrogen-bond acceptors (Lipinski definition) is 5. The SMILES string of the molecule is COc1ccc(CCNC(=O)C2=NN(c3ccc(Cl)cc3)C(=O)CC2)cc1OC. The van der Waals surface area contributed by atoms with Crippen molar-refractivity contribution in [1.82, 2.24) is 5.32 Å². The molecule has 0 radical (unpaired) electrons. The van der Waals surface area contributed by atoms with E-state index in [9.17, 15) is 9.59 Å². The maximum Gasteiger partial charge on any atom is 0.267 e. The highest BCUT2D eigenvalue weighted by molar-refractivity contribution is 6.40. The van der Waals surface area contributed by atoms with Gasteiger partial charge in [-0.3, -0.25) is 9.59 Å². The average Bonchev–Trinajstić information content (AvgIpc) is 2.74. The third-order valence-electron chi connectivity index (χ3n) is 4.51. The van der Waals surface area contributed by atoms with Crippen LogP contribution in [0.15, 0.2) is 47.6 Å². The van der Waals surface area contributed by atoms with Crippen LogP contribution in [-0.2, 0) is 16.0 Å². The average molecular weight is 416 g/mol. The Labute approximate surface area is 174 Å². The van der Waals surface area contributed by atoms with E-state index in [-0.39, 0.29) is 18.2 Å². The van der Waals surface area contributed by atoms with Crippen LogP contribution in [0.5, 0.6) is 11.5 Å². The molecule has 1 aliphatic rings. The Morgan fingerprint density at radius 3 is 2.52 bits per heavy atom. The molecule has 0 bridgehead atoms. The number of carbonyl (C=O) groups is 2. The minimum Gasteiger partial charge on any atom is -0.493 e. The number of benzene rings is 2. The van der Waals surface area contributed by atoms with E-state index in [0.29, 0.717) is 47.3 Å². The fourth-order valence-electron chi connectivity index (χ4n) is 2.96. The monoisotopic (exact) mass is 415 g/mol. The van der Waals surface area contributed by atoms with Gasteiger partial charge in [0, 0.05) is 24.4 Å². The van der Waals surface area contributed by atoms with Gasteiger partial charge in [0.1, 0.15) is 5.71 Å². The van der Waals surface area contributed by atoms with Gasteiger partial charge in [0.15, 0.2) is 11.5 Å². The molecule has 0 unspecified atom stereocenters. The molecule has 0 aromatic heterocycles. The van der Waals surface area contributed by atoms with Crippen LogP contribution in [-0.4, -0.2) is 38.3 Å². The van der Waals surface area contributed by atoms with Crippen LogP contribution >= 0.6 is 11.6 Å². The molecule has 1 aliphatic heterocycles. The van der Waals surface area contributed by atoms with Gasteiger partial charge in [0.2, 0.25) is 5.91 Å². The first kappa shape index (κ1) is 20.7. The number of ether oxygens (including phenoxy) is 2. The van der Waals surface area contributed by atoms with Crippen molar-refractivity contribution >= 4 is 34.8 Å². The largest absolute Gasteiger partial charge is 0.493 e. The summed E-state index contributed by atoms with van der Waals surface area (Å²) in [6, 6.07) is 12.4. The van der Waals surface area contributed by atoms with Crippen molar-refractivity contribution in [3.63, 3.8) is 0 Å². The number of methoxy groups -OCH3 is 2. The van der Waals surface area contributed by atoms with E-state index in [1.807, 2.05) is 18.2 Å². The van der Waals surface area contributed by atoms with Crippen LogP contribution in [0, 0.1) is 0 Å². The summed E-state index contributed by atoms with van der Waals surface area (Å²) in [6.07, 6.45) is 1.16. The van der Waals surface area contributed by atoms with Crippen molar-refractivity contribution in [3.05, 3.63) is 53.1 Å². The van der Waals surface area contributed by atoms with Crippen molar-refractivity contribution in [1.29, 1.82) is 0 Å².